The van der Waals surface area contributed by atoms with Crippen molar-refractivity contribution in [2.45, 2.75) is 33.2 Å². The van der Waals surface area contributed by atoms with Crippen molar-refractivity contribution < 1.29 is 9.59 Å². The molecule has 0 heterocycles. The zero-order chi connectivity index (χ0) is 16.0. The highest BCUT2D eigenvalue weighted by Crippen LogP contribution is 2.10. The van der Waals surface area contributed by atoms with Crippen LogP contribution in [-0.2, 0) is 4.79 Å². The van der Waals surface area contributed by atoms with E-state index in [0.717, 1.165) is 5.56 Å². The van der Waals surface area contributed by atoms with Crippen molar-refractivity contribution >= 4 is 11.8 Å². The number of hydrogen-bond acceptors (Lipinski definition) is 3. The second-order valence-corrected chi connectivity index (χ2v) is 5.84. The number of amides is 2. The minimum absolute atomic E-state index is 0.198. The summed E-state index contributed by atoms with van der Waals surface area (Å²) in [7, 11) is 3.49. The molecule has 0 saturated carbocycles. The summed E-state index contributed by atoms with van der Waals surface area (Å²) in [6, 6.07) is 6.81. The molecule has 0 aliphatic heterocycles. The number of aryl methyl sites for hydroxylation is 1. The molecule has 5 nitrogen and oxygen atoms in total. The van der Waals surface area contributed by atoms with E-state index in [1.54, 1.807) is 25.2 Å². The minimum atomic E-state index is -0.542. The highest BCUT2D eigenvalue weighted by molar-refractivity contribution is 5.98. The molecule has 5 heteroatoms. The van der Waals surface area contributed by atoms with Crippen LogP contribution in [0.1, 0.15) is 36.2 Å². The fourth-order valence-corrected chi connectivity index (χ4v) is 2.06. The fraction of sp³-hybridized carbons (Fsp3) is 0.500. The molecule has 116 valence electrons. The zero-order valence-electron chi connectivity index (χ0n) is 13.4. The predicted octanol–water partition coefficient (Wildman–Crippen LogP) is 1.73. The molecule has 1 atom stereocenters. The lowest BCUT2D eigenvalue weighted by Crippen LogP contribution is -2.51. The molecule has 0 aromatic heterocycles. The number of benzene rings is 1. The van der Waals surface area contributed by atoms with Gasteiger partial charge in [-0.05, 0) is 30.9 Å². The Bertz CT molecular complexity index is 498. The smallest absolute Gasteiger partial charge is 0.256 e. The van der Waals surface area contributed by atoms with Crippen LogP contribution >= 0.6 is 0 Å². The van der Waals surface area contributed by atoms with Crippen LogP contribution in [0.15, 0.2) is 24.3 Å². The quantitative estimate of drug-likeness (QED) is 0.785. The van der Waals surface area contributed by atoms with E-state index in [-0.39, 0.29) is 11.8 Å². The fourth-order valence-electron chi connectivity index (χ4n) is 2.06. The largest absolute Gasteiger partial charge is 0.340 e. The molecular weight excluding hydrogens is 266 g/mol. The summed E-state index contributed by atoms with van der Waals surface area (Å²) in [5, 5.41) is 4.41. The molecule has 0 unspecified atom stereocenters. The lowest BCUT2D eigenvalue weighted by atomic mass is 10.0. The number of carbonyl (C=O) groups is 2. The van der Waals surface area contributed by atoms with Gasteiger partial charge in [-0.1, -0.05) is 32.0 Å². The monoisotopic (exact) mass is 291 g/mol. The van der Waals surface area contributed by atoms with Gasteiger partial charge in [0.25, 0.3) is 11.8 Å². The highest BCUT2D eigenvalue weighted by atomic mass is 16.2. The highest BCUT2D eigenvalue weighted by Gasteiger charge is 2.23. The van der Waals surface area contributed by atoms with Crippen LogP contribution < -0.4 is 10.7 Å². The minimum Gasteiger partial charge on any atom is -0.340 e. The number of hydrogen-bond donors (Lipinski definition) is 2. The molecule has 2 N–H and O–H groups in total. The third kappa shape index (κ3) is 5.55. The van der Waals surface area contributed by atoms with Gasteiger partial charge in [0, 0.05) is 19.7 Å². The number of rotatable bonds is 6. The van der Waals surface area contributed by atoms with E-state index < -0.39 is 6.04 Å². The van der Waals surface area contributed by atoms with Crippen molar-refractivity contribution in [1.29, 1.82) is 0 Å². The Labute approximate surface area is 126 Å². The van der Waals surface area contributed by atoms with E-state index in [2.05, 4.69) is 10.7 Å². The summed E-state index contributed by atoms with van der Waals surface area (Å²) >= 11 is 0. The van der Waals surface area contributed by atoms with Crippen molar-refractivity contribution in [2.75, 3.05) is 14.1 Å². The standard InChI is InChI=1S/C16H25N3O2/c1-11(2)10-14(16(21)18-19(4)5)17-15(20)13-9-7-6-8-12(13)3/h6-9,11,14H,10H2,1-5H3,(H,17,20)(H,18,21)/t14-/m1/s1. The first-order valence-electron chi connectivity index (χ1n) is 7.15. The molecule has 1 aromatic carbocycles. The molecule has 1 rings (SSSR count). The van der Waals surface area contributed by atoms with Gasteiger partial charge in [-0.15, -0.1) is 0 Å². The van der Waals surface area contributed by atoms with Gasteiger partial charge >= 0.3 is 0 Å². The first kappa shape index (κ1) is 17.2. The van der Waals surface area contributed by atoms with Gasteiger partial charge in [-0.25, -0.2) is 5.01 Å². The zero-order valence-corrected chi connectivity index (χ0v) is 13.4. The summed E-state index contributed by atoms with van der Waals surface area (Å²) in [6.45, 7) is 5.93. The lowest BCUT2D eigenvalue weighted by Gasteiger charge is -2.22. The van der Waals surface area contributed by atoms with Crippen LogP contribution in [0.4, 0.5) is 0 Å². The molecule has 0 fully saturated rings. The van der Waals surface area contributed by atoms with Crippen molar-refractivity contribution in [2.24, 2.45) is 5.92 Å². The number of nitrogens with one attached hydrogen (secondary N) is 2. The second kappa shape index (κ2) is 7.78. The maximum Gasteiger partial charge on any atom is 0.256 e. The van der Waals surface area contributed by atoms with Crippen LogP contribution in [0.5, 0.6) is 0 Å². The SMILES string of the molecule is Cc1ccccc1C(=O)N[C@H](CC(C)C)C(=O)NN(C)C. The van der Waals surface area contributed by atoms with Crippen LogP contribution in [0.3, 0.4) is 0 Å². The Morgan fingerprint density at radius 3 is 2.33 bits per heavy atom. The molecular formula is C16H25N3O2. The molecule has 2 amide bonds. The number of nitrogens with zero attached hydrogens (tertiary/aromatic N) is 1. The van der Waals surface area contributed by atoms with Crippen molar-refractivity contribution in [3.05, 3.63) is 35.4 Å². The van der Waals surface area contributed by atoms with Gasteiger partial charge in [-0.3, -0.25) is 15.0 Å². The predicted molar refractivity (Wildman–Crippen MR) is 83.7 cm³/mol. The normalized spacial score (nSPS) is 12.3. The van der Waals surface area contributed by atoms with Crippen molar-refractivity contribution in [1.82, 2.24) is 15.8 Å². The van der Waals surface area contributed by atoms with E-state index in [1.165, 1.54) is 0 Å². The third-order valence-corrected chi connectivity index (χ3v) is 3.05. The lowest BCUT2D eigenvalue weighted by molar-refractivity contribution is -0.127. The summed E-state index contributed by atoms with van der Waals surface area (Å²) in [6.07, 6.45) is 0.595. The van der Waals surface area contributed by atoms with Gasteiger partial charge in [0.15, 0.2) is 0 Å². The van der Waals surface area contributed by atoms with E-state index >= 15 is 0 Å². The molecule has 21 heavy (non-hydrogen) atoms. The molecule has 0 saturated heterocycles. The van der Waals surface area contributed by atoms with E-state index in [0.29, 0.717) is 17.9 Å². The molecule has 0 aliphatic rings. The van der Waals surface area contributed by atoms with Crippen LogP contribution in [-0.4, -0.2) is 37.0 Å². The first-order valence-corrected chi connectivity index (χ1v) is 7.15. The van der Waals surface area contributed by atoms with E-state index in [1.807, 2.05) is 39.0 Å². The topological polar surface area (TPSA) is 61.4 Å². The summed E-state index contributed by atoms with van der Waals surface area (Å²) in [5.41, 5.74) is 4.19. The first-order chi connectivity index (χ1) is 9.81. The summed E-state index contributed by atoms with van der Waals surface area (Å²) in [5.74, 6) is -0.108. The Balaban J connectivity index is 2.83. The maximum absolute atomic E-state index is 12.3. The number of hydrazine groups is 1. The second-order valence-electron chi connectivity index (χ2n) is 5.84. The van der Waals surface area contributed by atoms with E-state index in [9.17, 15) is 9.59 Å². The van der Waals surface area contributed by atoms with Gasteiger partial charge in [-0.2, -0.15) is 0 Å². The van der Waals surface area contributed by atoms with Crippen LogP contribution in [0.2, 0.25) is 0 Å². The van der Waals surface area contributed by atoms with Gasteiger partial charge in [0.2, 0.25) is 0 Å². The average Bonchev–Trinajstić information content (AvgIpc) is 2.36. The molecule has 0 bridgehead atoms. The average molecular weight is 291 g/mol. The Kier molecular flexibility index (Phi) is 6.37. The van der Waals surface area contributed by atoms with E-state index in [4.69, 9.17) is 0 Å². The molecule has 0 radical (unpaired) electrons. The Morgan fingerprint density at radius 1 is 1.19 bits per heavy atom. The molecule has 0 spiro atoms. The van der Waals surface area contributed by atoms with Crippen molar-refractivity contribution in [3.63, 3.8) is 0 Å². The van der Waals surface area contributed by atoms with Gasteiger partial charge in [0.05, 0.1) is 0 Å². The third-order valence-electron chi connectivity index (χ3n) is 3.05. The van der Waals surface area contributed by atoms with Gasteiger partial charge in [0.1, 0.15) is 6.04 Å². The Hall–Kier alpha value is -1.88. The summed E-state index contributed by atoms with van der Waals surface area (Å²) < 4.78 is 0. The van der Waals surface area contributed by atoms with Gasteiger partial charge < -0.3 is 5.32 Å². The summed E-state index contributed by atoms with van der Waals surface area (Å²) in [4.78, 5) is 24.5. The van der Waals surface area contributed by atoms with Crippen LogP contribution in [0, 0.1) is 12.8 Å². The number of carbonyl (C=O) groups excluding carboxylic acids is 2. The Morgan fingerprint density at radius 2 is 1.81 bits per heavy atom. The maximum atomic E-state index is 12.3. The van der Waals surface area contributed by atoms with Crippen LogP contribution in [0.25, 0.3) is 0 Å². The molecule has 0 aliphatic carbocycles. The molecule has 1 aromatic rings. The van der Waals surface area contributed by atoms with Crippen molar-refractivity contribution in [3.8, 4) is 0 Å².